The first-order valence-corrected chi connectivity index (χ1v) is 7.06. The van der Waals surface area contributed by atoms with Crippen LogP contribution in [0.1, 0.15) is 22.6 Å². The molecule has 1 saturated heterocycles. The number of nitrogens with zero attached hydrogens (tertiary/aromatic N) is 3. The first-order chi connectivity index (χ1) is 10.5. The maximum atomic E-state index is 12.4. The molecule has 0 spiro atoms. The Bertz CT molecular complexity index is 708. The summed E-state index contributed by atoms with van der Waals surface area (Å²) < 4.78 is 0. The van der Waals surface area contributed by atoms with Crippen LogP contribution in [0.25, 0.3) is 11.4 Å². The van der Waals surface area contributed by atoms with Crippen LogP contribution in [0.4, 0.5) is 0 Å². The number of carboxylic acids is 1. The molecular weight excluding hydrogens is 284 g/mol. The highest BCUT2D eigenvalue weighted by Crippen LogP contribution is 2.21. The number of carbonyl (C=O) groups is 2. The summed E-state index contributed by atoms with van der Waals surface area (Å²) in [5.74, 6) is -0.123. The van der Waals surface area contributed by atoms with E-state index < -0.39 is 11.9 Å². The topological polar surface area (TPSA) is 99.2 Å². The fourth-order valence-electron chi connectivity index (χ4n) is 2.56. The van der Waals surface area contributed by atoms with E-state index in [1.165, 1.54) is 0 Å². The van der Waals surface area contributed by atoms with Crippen molar-refractivity contribution in [2.45, 2.75) is 13.3 Å². The molecular formula is C15H16N4O3. The summed E-state index contributed by atoms with van der Waals surface area (Å²) in [6.07, 6.45) is 0.510. The van der Waals surface area contributed by atoms with Gasteiger partial charge in [0, 0.05) is 24.2 Å². The molecule has 1 aromatic carbocycles. The Balaban J connectivity index is 1.73. The number of hydrogen-bond acceptors (Lipinski definition) is 4. The minimum atomic E-state index is -0.842. The van der Waals surface area contributed by atoms with Gasteiger partial charge in [0.15, 0.2) is 5.82 Å². The Hall–Kier alpha value is -2.70. The molecule has 0 radical (unpaired) electrons. The van der Waals surface area contributed by atoms with Gasteiger partial charge >= 0.3 is 5.97 Å². The number of hydrogen-bond donors (Lipinski definition) is 2. The molecule has 22 heavy (non-hydrogen) atoms. The fourth-order valence-corrected chi connectivity index (χ4v) is 2.56. The van der Waals surface area contributed by atoms with Gasteiger partial charge < -0.3 is 10.0 Å². The lowest BCUT2D eigenvalue weighted by Crippen LogP contribution is -2.29. The number of nitrogens with one attached hydrogen (secondary N) is 1. The van der Waals surface area contributed by atoms with E-state index in [-0.39, 0.29) is 12.5 Å². The highest BCUT2D eigenvalue weighted by molar-refractivity contribution is 5.95. The van der Waals surface area contributed by atoms with Crippen LogP contribution in [0.15, 0.2) is 24.3 Å². The fraction of sp³-hybridized carbons (Fsp3) is 0.333. The van der Waals surface area contributed by atoms with Gasteiger partial charge in [-0.3, -0.25) is 14.7 Å². The summed E-state index contributed by atoms with van der Waals surface area (Å²) in [7, 11) is 0. The highest BCUT2D eigenvalue weighted by atomic mass is 16.4. The van der Waals surface area contributed by atoms with Gasteiger partial charge in [0.2, 0.25) is 0 Å². The second-order valence-electron chi connectivity index (χ2n) is 5.40. The largest absolute Gasteiger partial charge is 0.481 e. The van der Waals surface area contributed by atoms with Crippen LogP contribution in [-0.2, 0) is 4.79 Å². The van der Waals surface area contributed by atoms with Crippen molar-refractivity contribution >= 4 is 11.9 Å². The van der Waals surface area contributed by atoms with Crippen LogP contribution in [-0.4, -0.2) is 50.2 Å². The van der Waals surface area contributed by atoms with Gasteiger partial charge in [-0.2, -0.15) is 5.10 Å². The molecule has 1 aromatic heterocycles. The number of aromatic nitrogens is 3. The number of rotatable bonds is 3. The Morgan fingerprint density at radius 3 is 2.59 bits per heavy atom. The molecule has 0 bridgehead atoms. The van der Waals surface area contributed by atoms with Gasteiger partial charge in [0.25, 0.3) is 5.91 Å². The third kappa shape index (κ3) is 2.69. The van der Waals surface area contributed by atoms with Crippen molar-refractivity contribution in [2.75, 3.05) is 13.1 Å². The van der Waals surface area contributed by atoms with Crippen LogP contribution < -0.4 is 0 Å². The van der Waals surface area contributed by atoms with Gasteiger partial charge in [0.05, 0.1) is 5.92 Å². The van der Waals surface area contributed by atoms with E-state index in [0.717, 1.165) is 11.4 Å². The first-order valence-electron chi connectivity index (χ1n) is 7.06. The molecule has 1 fully saturated rings. The smallest absolute Gasteiger partial charge is 0.308 e. The number of benzene rings is 1. The molecule has 1 aliphatic rings. The summed E-state index contributed by atoms with van der Waals surface area (Å²) in [5.41, 5.74) is 1.37. The molecule has 2 heterocycles. The summed E-state index contributed by atoms with van der Waals surface area (Å²) in [4.78, 5) is 29.1. The summed E-state index contributed by atoms with van der Waals surface area (Å²) in [5, 5.41) is 15.8. The van der Waals surface area contributed by atoms with Crippen LogP contribution >= 0.6 is 0 Å². The highest BCUT2D eigenvalue weighted by Gasteiger charge is 2.31. The van der Waals surface area contributed by atoms with Crippen LogP contribution in [0, 0.1) is 12.8 Å². The Morgan fingerprint density at radius 1 is 1.32 bits per heavy atom. The SMILES string of the molecule is Cc1nc(-c2ccc(C(=O)N3CC[C@H](C(=O)O)C3)cc2)n[nH]1. The number of likely N-dealkylation sites (tertiary alicyclic amines) is 1. The van der Waals surface area contributed by atoms with Gasteiger partial charge in [-0.1, -0.05) is 12.1 Å². The van der Waals surface area contributed by atoms with Crippen molar-refractivity contribution in [3.63, 3.8) is 0 Å². The zero-order valence-electron chi connectivity index (χ0n) is 12.1. The Labute approximate surface area is 127 Å². The Kier molecular flexibility index (Phi) is 3.62. The van der Waals surface area contributed by atoms with Gasteiger partial charge in [0.1, 0.15) is 5.82 Å². The van der Waals surface area contributed by atoms with Gasteiger partial charge in [-0.25, -0.2) is 4.98 Å². The van der Waals surface area contributed by atoms with Crippen molar-refractivity contribution in [1.82, 2.24) is 20.1 Å². The average molecular weight is 300 g/mol. The van der Waals surface area contributed by atoms with Crippen molar-refractivity contribution in [3.05, 3.63) is 35.7 Å². The van der Waals surface area contributed by atoms with Gasteiger partial charge in [-0.05, 0) is 25.5 Å². The van der Waals surface area contributed by atoms with Crippen molar-refractivity contribution in [1.29, 1.82) is 0 Å². The van der Waals surface area contributed by atoms with Crippen LogP contribution in [0.2, 0.25) is 0 Å². The van der Waals surface area contributed by atoms with E-state index in [1.54, 1.807) is 29.2 Å². The number of aliphatic carboxylic acids is 1. The predicted molar refractivity (Wildman–Crippen MR) is 78.2 cm³/mol. The zero-order chi connectivity index (χ0) is 15.7. The number of H-pyrrole nitrogens is 1. The molecule has 2 N–H and O–H groups in total. The van der Waals surface area contributed by atoms with E-state index in [9.17, 15) is 9.59 Å². The summed E-state index contributed by atoms with van der Waals surface area (Å²) >= 11 is 0. The van der Waals surface area contributed by atoms with Crippen LogP contribution in [0.5, 0.6) is 0 Å². The maximum Gasteiger partial charge on any atom is 0.308 e. The Morgan fingerprint density at radius 2 is 2.05 bits per heavy atom. The average Bonchev–Trinajstić information content (AvgIpc) is 3.16. The molecule has 1 amide bonds. The second-order valence-corrected chi connectivity index (χ2v) is 5.40. The van der Waals surface area contributed by atoms with E-state index >= 15 is 0 Å². The number of carbonyl (C=O) groups excluding carboxylic acids is 1. The van der Waals surface area contributed by atoms with Gasteiger partial charge in [-0.15, -0.1) is 0 Å². The lowest BCUT2D eigenvalue weighted by Gasteiger charge is -2.15. The minimum absolute atomic E-state index is 0.138. The normalized spacial score (nSPS) is 17.7. The zero-order valence-corrected chi connectivity index (χ0v) is 12.1. The maximum absolute atomic E-state index is 12.4. The lowest BCUT2D eigenvalue weighted by atomic mass is 10.1. The monoisotopic (exact) mass is 300 g/mol. The molecule has 7 nitrogen and oxygen atoms in total. The van der Waals surface area contributed by atoms with E-state index in [1.807, 2.05) is 6.92 Å². The molecule has 1 aliphatic heterocycles. The van der Waals surface area contributed by atoms with Crippen molar-refractivity contribution in [3.8, 4) is 11.4 Å². The molecule has 0 saturated carbocycles. The quantitative estimate of drug-likeness (QED) is 0.890. The summed E-state index contributed by atoms with van der Waals surface area (Å²) in [6.45, 7) is 2.58. The second kappa shape index (κ2) is 5.59. The third-order valence-corrected chi connectivity index (χ3v) is 3.81. The third-order valence-electron chi connectivity index (χ3n) is 3.81. The number of amides is 1. The van der Waals surface area contributed by atoms with Crippen LogP contribution in [0.3, 0.4) is 0 Å². The minimum Gasteiger partial charge on any atom is -0.481 e. The molecule has 1 atom stereocenters. The number of aromatic amines is 1. The number of carboxylic acid groups (broad SMARTS) is 1. The standard InChI is InChI=1S/C15H16N4O3/c1-9-16-13(18-17-9)10-2-4-11(5-3-10)14(20)19-7-6-12(8-19)15(21)22/h2-5,12H,6-8H2,1H3,(H,21,22)(H,16,17,18)/t12-/m0/s1. The van der Waals surface area contributed by atoms with E-state index in [4.69, 9.17) is 5.11 Å². The lowest BCUT2D eigenvalue weighted by molar-refractivity contribution is -0.141. The molecule has 0 aliphatic carbocycles. The number of aryl methyl sites for hydroxylation is 1. The first kappa shape index (κ1) is 14.2. The van der Waals surface area contributed by atoms with E-state index in [0.29, 0.717) is 24.4 Å². The predicted octanol–water partition coefficient (Wildman–Crippen LogP) is 1.33. The van der Waals surface area contributed by atoms with E-state index in [2.05, 4.69) is 15.2 Å². The van der Waals surface area contributed by atoms with Crippen molar-refractivity contribution in [2.24, 2.45) is 5.92 Å². The summed E-state index contributed by atoms with van der Waals surface area (Å²) in [6, 6.07) is 7.02. The molecule has 3 rings (SSSR count). The molecule has 0 unspecified atom stereocenters. The van der Waals surface area contributed by atoms with Crippen molar-refractivity contribution < 1.29 is 14.7 Å². The molecule has 2 aromatic rings. The molecule has 7 heteroatoms. The molecule has 114 valence electrons.